The van der Waals surface area contributed by atoms with Crippen molar-refractivity contribution in [2.75, 3.05) is 0 Å². The second-order valence-corrected chi connectivity index (χ2v) is 3.91. The Morgan fingerprint density at radius 2 is 2.21 bits per heavy atom. The van der Waals surface area contributed by atoms with Gasteiger partial charge in [-0.15, -0.1) is 0 Å². The van der Waals surface area contributed by atoms with Crippen molar-refractivity contribution >= 4 is 5.91 Å². The predicted molar refractivity (Wildman–Crippen MR) is 49.5 cm³/mol. The summed E-state index contributed by atoms with van der Waals surface area (Å²) in [7, 11) is 0. The Kier molecular flexibility index (Phi) is 2.90. The molecule has 0 spiro atoms. The van der Waals surface area contributed by atoms with Crippen LogP contribution in [-0.4, -0.2) is 16.5 Å². The van der Waals surface area contributed by atoms with E-state index in [1.54, 1.807) is 6.92 Å². The second-order valence-electron chi connectivity index (χ2n) is 3.91. The van der Waals surface area contributed by atoms with Gasteiger partial charge in [-0.1, -0.05) is 0 Å². The first-order chi connectivity index (χ1) is 6.40. The van der Waals surface area contributed by atoms with Gasteiger partial charge in [0, 0.05) is 0 Å². The fourth-order valence-corrected chi connectivity index (χ4v) is 0.766. The highest BCUT2D eigenvalue weighted by Gasteiger charge is 2.17. The summed E-state index contributed by atoms with van der Waals surface area (Å²) in [5.41, 5.74) is 2.41. The molecule has 1 amide bonds. The smallest absolute Gasteiger partial charge is 0.312 e. The number of carbonyl (C=O) groups excluding carboxylic acids is 1. The molecule has 5 heteroatoms. The van der Waals surface area contributed by atoms with Crippen molar-refractivity contribution in [2.24, 2.45) is 0 Å². The number of hydroxylamine groups is 1. The van der Waals surface area contributed by atoms with Gasteiger partial charge in [0.1, 0.15) is 0 Å². The molecule has 78 valence electrons. The lowest BCUT2D eigenvalue weighted by atomic mass is 10.2. The van der Waals surface area contributed by atoms with Crippen molar-refractivity contribution in [3.05, 3.63) is 17.8 Å². The van der Waals surface area contributed by atoms with Crippen LogP contribution < -0.4 is 5.48 Å². The minimum Gasteiger partial charge on any atom is -0.438 e. The summed E-state index contributed by atoms with van der Waals surface area (Å²) in [6, 6.07) is 0. The summed E-state index contributed by atoms with van der Waals surface area (Å²) in [6.45, 7) is 7.19. The molecule has 0 atom stereocenters. The van der Waals surface area contributed by atoms with Crippen LogP contribution in [0.4, 0.5) is 0 Å². The molecule has 14 heavy (non-hydrogen) atoms. The Labute approximate surface area is 82.4 Å². The molecule has 0 radical (unpaired) electrons. The zero-order chi connectivity index (χ0) is 10.8. The third-order valence-electron chi connectivity index (χ3n) is 1.40. The lowest BCUT2D eigenvalue weighted by Crippen LogP contribution is -2.33. The number of oxazole rings is 1. The number of nitrogens with one attached hydrogen (secondary N) is 1. The molecule has 1 aromatic rings. The molecule has 0 aliphatic carbocycles. The van der Waals surface area contributed by atoms with Crippen LogP contribution in [0, 0.1) is 6.92 Å². The monoisotopic (exact) mass is 198 g/mol. The number of aromatic nitrogens is 1. The number of nitrogens with zero attached hydrogens (tertiary/aromatic N) is 1. The topological polar surface area (TPSA) is 64.4 Å². The number of hydrogen-bond acceptors (Lipinski definition) is 4. The largest absolute Gasteiger partial charge is 0.438 e. The van der Waals surface area contributed by atoms with Crippen molar-refractivity contribution in [2.45, 2.75) is 33.3 Å². The van der Waals surface area contributed by atoms with Gasteiger partial charge in [-0.3, -0.25) is 9.63 Å². The van der Waals surface area contributed by atoms with Crippen LogP contribution in [0.2, 0.25) is 0 Å². The highest BCUT2D eigenvalue weighted by molar-refractivity contribution is 5.91. The Hall–Kier alpha value is -1.36. The first-order valence-electron chi connectivity index (χ1n) is 4.28. The predicted octanol–water partition coefficient (Wildman–Crippen LogP) is 1.44. The van der Waals surface area contributed by atoms with Crippen LogP contribution >= 0.6 is 0 Å². The van der Waals surface area contributed by atoms with E-state index in [1.807, 2.05) is 20.8 Å². The second kappa shape index (κ2) is 3.79. The molecular formula is C9H14N2O3. The Bertz CT molecular complexity index is 325. The van der Waals surface area contributed by atoms with E-state index in [4.69, 9.17) is 9.25 Å². The normalized spacial score (nSPS) is 11.4. The van der Waals surface area contributed by atoms with E-state index in [9.17, 15) is 4.79 Å². The standard InChI is InChI=1S/C9H14N2O3/c1-6-7(13-5-10-6)8(12)11-14-9(2,3)4/h5H,1-4H3,(H,11,12). The van der Waals surface area contributed by atoms with Gasteiger partial charge in [0.2, 0.25) is 5.76 Å². The number of carbonyl (C=O) groups is 1. The molecule has 5 nitrogen and oxygen atoms in total. The van der Waals surface area contributed by atoms with Crippen LogP contribution in [0.5, 0.6) is 0 Å². The Balaban J connectivity index is 2.56. The number of amides is 1. The van der Waals surface area contributed by atoms with Crippen molar-refractivity contribution in [3.63, 3.8) is 0 Å². The summed E-state index contributed by atoms with van der Waals surface area (Å²) in [5.74, 6) is -0.246. The molecule has 1 rings (SSSR count). The number of rotatable bonds is 2. The van der Waals surface area contributed by atoms with E-state index in [2.05, 4.69) is 10.5 Å². The average Bonchev–Trinajstić information content (AvgIpc) is 2.46. The summed E-state index contributed by atoms with van der Waals surface area (Å²) in [5, 5.41) is 0. The van der Waals surface area contributed by atoms with Gasteiger partial charge in [-0.05, 0) is 27.7 Å². The van der Waals surface area contributed by atoms with Crippen molar-refractivity contribution in [1.82, 2.24) is 10.5 Å². The molecule has 0 aromatic carbocycles. The fourth-order valence-electron chi connectivity index (χ4n) is 0.766. The summed E-state index contributed by atoms with van der Waals surface area (Å²) < 4.78 is 4.89. The SMILES string of the molecule is Cc1ncoc1C(=O)NOC(C)(C)C. The lowest BCUT2D eigenvalue weighted by molar-refractivity contribution is -0.0598. The maximum Gasteiger partial charge on any atom is 0.312 e. The van der Waals surface area contributed by atoms with Gasteiger partial charge in [-0.2, -0.15) is 0 Å². The summed E-state index contributed by atoms with van der Waals surface area (Å²) >= 11 is 0. The van der Waals surface area contributed by atoms with E-state index in [-0.39, 0.29) is 5.76 Å². The minimum atomic E-state index is -0.427. The molecule has 0 saturated heterocycles. The zero-order valence-electron chi connectivity index (χ0n) is 8.75. The third kappa shape index (κ3) is 2.85. The molecule has 0 unspecified atom stereocenters. The van der Waals surface area contributed by atoms with Crippen molar-refractivity contribution in [3.8, 4) is 0 Å². The van der Waals surface area contributed by atoms with E-state index in [0.717, 1.165) is 0 Å². The first kappa shape index (κ1) is 10.7. The third-order valence-corrected chi connectivity index (χ3v) is 1.40. The fraction of sp³-hybridized carbons (Fsp3) is 0.556. The van der Waals surface area contributed by atoms with E-state index in [1.165, 1.54) is 6.39 Å². The summed E-state index contributed by atoms with van der Waals surface area (Å²) in [4.78, 5) is 20.3. The molecule has 0 fully saturated rings. The van der Waals surface area contributed by atoms with Gasteiger partial charge in [0.05, 0.1) is 11.3 Å². The van der Waals surface area contributed by atoms with Gasteiger partial charge in [-0.25, -0.2) is 10.5 Å². The molecule has 0 bridgehead atoms. The van der Waals surface area contributed by atoms with Gasteiger partial charge in [0.15, 0.2) is 6.39 Å². The lowest BCUT2D eigenvalue weighted by Gasteiger charge is -2.18. The van der Waals surface area contributed by atoms with Crippen LogP contribution in [-0.2, 0) is 4.84 Å². The van der Waals surface area contributed by atoms with E-state index >= 15 is 0 Å². The molecule has 1 N–H and O–H groups in total. The molecular weight excluding hydrogens is 184 g/mol. The first-order valence-corrected chi connectivity index (χ1v) is 4.28. The summed E-state index contributed by atoms with van der Waals surface area (Å²) in [6.07, 6.45) is 1.22. The van der Waals surface area contributed by atoms with Crippen LogP contribution in [0.15, 0.2) is 10.8 Å². The minimum absolute atomic E-state index is 0.175. The van der Waals surface area contributed by atoms with E-state index in [0.29, 0.717) is 5.69 Å². The van der Waals surface area contributed by atoms with Gasteiger partial charge in [0.25, 0.3) is 0 Å². The van der Waals surface area contributed by atoms with Crippen LogP contribution in [0.25, 0.3) is 0 Å². The Morgan fingerprint density at radius 1 is 1.57 bits per heavy atom. The van der Waals surface area contributed by atoms with E-state index < -0.39 is 11.5 Å². The zero-order valence-corrected chi connectivity index (χ0v) is 8.75. The van der Waals surface area contributed by atoms with Crippen molar-refractivity contribution in [1.29, 1.82) is 0 Å². The Morgan fingerprint density at radius 3 is 2.64 bits per heavy atom. The quantitative estimate of drug-likeness (QED) is 0.730. The average molecular weight is 198 g/mol. The highest BCUT2D eigenvalue weighted by Crippen LogP contribution is 2.07. The van der Waals surface area contributed by atoms with Crippen LogP contribution in [0.1, 0.15) is 37.0 Å². The molecule has 0 aliphatic rings. The maximum absolute atomic E-state index is 11.4. The molecule has 1 heterocycles. The van der Waals surface area contributed by atoms with Gasteiger partial charge < -0.3 is 4.42 Å². The van der Waals surface area contributed by atoms with Gasteiger partial charge >= 0.3 is 5.91 Å². The van der Waals surface area contributed by atoms with Crippen LogP contribution in [0.3, 0.4) is 0 Å². The molecule has 0 saturated carbocycles. The maximum atomic E-state index is 11.4. The number of aryl methyl sites for hydroxylation is 1. The molecule has 1 aromatic heterocycles. The number of hydrogen-bond donors (Lipinski definition) is 1. The van der Waals surface area contributed by atoms with Crippen molar-refractivity contribution < 1.29 is 14.0 Å². The highest BCUT2D eigenvalue weighted by atomic mass is 16.7. The molecule has 0 aliphatic heterocycles.